The summed E-state index contributed by atoms with van der Waals surface area (Å²) in [4.78, 5) is 16.8. The van der Waals surface area contributed by atoms with Crippen LogP contribution in [0.5, 0.6) is 0 Å². The molecule has 1 aliphatic carbocycles. The van der Waals surface area contributed by atoms with E-state index in [-0.39, 0.29) is 5.91 Å². The van der Waals surface area contributed by atoms with Crippen molar-refractivity contribution in [3.63, 3.8) is 0 Å². The maximum atomic E-state index is 12.5. The standard InChI is InChI=1S/C19H21N5O/c25-19(21-15-6-3-1-2-4-7-15)14-9-11-16(12-10-14)24-18-17(22-23-24)8-5-13-20-18/h5,8-13,15H,1-4,6-7H2,(H,21,25). The average Bonchev–Trinajstić information content (AvgIpc) is 2.92. The molecule has 1 saturated carbocycles. The zero-order valence-electron chi connectivity index (χ0n) is 14.1. The highest BCUT2D eigenvalue weighted by Gasteiger charge is 2.16. The molecule has 1 amide bonds. The van der Waals surface area contributed by atoms with E-state index >= 15 is 0 Å². The molecule has 0 radical (unpaired) electrons. The van der Waals surface area contributed by atoms with E-state index in [9.17, 15) is 4.79 Å². The van der Waals surface area contributed by atoms with Crippen molar-refractivity contribution < 1.29 is 4.79 Å². The fraction of sp³-hybridized carbons (Fsp3) is 0.368. The summed E-state index contributed by atoms with van der Waals surface area (Å²) in [7, 11) is 0. The number of hydrogen-bond donors (Lipinski definition) is 1. The number of rotatable bonds is 3. The molecule has 128 valence electrons. The minimum absolute atomic E-state index is 0.0000216. The molecule has 1 aliphatic rings. The molecular weight excluding hydrogens is 314 g/mol. The summed E-state index contributed by atoms with van der Waals surface area (Å²) in [6.45, 7) is 0. The first-order chi connectivity index (χ1) is 12.3. The van der Waals surface area contributed by atoms with Gasteiger partial charge in [-0.1, -0.05) is 30.9 Å². The van der Waals surface area contributed by atoms with Crippen LogP contribution < -0.4 is 5.32 Å². The lowest BCUT2D eigenvalue weighted by Crippen LogP contribution is -2.34. The summed E-state index contributed by atoms with van der Waals surface area (Å²) in [6, 6.07) is 11.4. The first-order valence-corrected chi connectivity index (χ1v) is 8.89. The fourth-order valence-corrected chi connectivity index (χ4v) is 3.39. The smallest absolute Gasteiger partial charge is 0.251 e. The van der Waals surface area contributed by atoms with E-state index in [1.54, 1.807) is 10.9 Å². The van der Waals surface area contributed by atoms with E-state index in [2.05, 4.69) is 20.6 Å². The summed E-state index contributed by atoms with van der Waals surface area (Å²) in [5.41, 5.74) is 2.97. The Morgan fingerprint density at radius 3 is 2.56 bits per heavy atom. The lowest BCUT2D eigenvalue weighted by atomic mass is 10.1. The maximum Gasteiger partial charge on any atom is 0.251 e. The summed E-state index contributed by atoms with van der Waals surface area (Å²) < 4.78 is 1.68. The summed E-state index contributed by atoms with van der Waals surface area (Å²) in [5.74, 6) is 0.0000216. The highest BCUT2D eigenvalue weighted by Crippen LogP contribution is 2.18. The van der Waals surface area contributed by atoms with Gasteiger partial charge in [-0.3, -0.25) is 4.79 Å². The Hall–Kier alpha value is -2.76. The lowest BCUT2D eigenvalue weighted by Gasteiger charge is -2.16. The van der Waals surface area contributed by atoms with Gasteiger partial charge in [0.1, 0.15) is 5.52 Å². The third-order valence-electron chi connectivity index (χ3n) is 4.77. The van der Waals surface area contributed by atoms with Crippen LogP contribution in [0, 0.1) is 0 Å². The number of amides is 1. The Morgan fingerprint density at radius 2 is 1.80 bits per heavy atom. The van der Waals surface area contributed by atoms with Crippen LogP contribution in [-0.2, 0) is 0 Å². The highest BCUT2D eigenvalue weighted by molar-refractivity contribution is 5.94. The first kappa shape index (κ1) is 15.7. The van der Waals surface area contributed by atoms with Crippen molar-refractivity contribution in [1.29, 1.82) is 0 Å². The molecule has 0 atom stereocenters. The quantitative estimate of drug-likeness (QED) is 0.746. The predicted molar refractivity (Wildman–Crippen MR) is 95.6 cm³/mol. The number of nitrogens with one attached hydrogen (secondary N) is 1. The Bertz CT molecular complexity index is 863. The van der Waals surface area contributed by atoms with Crippen LogP contribution in [-0.4, -0.2) is 31.9 Å². The van der Waals surface area contributed by atoms with Gasteiger partial charge in [0.2, 0.25) is 0 Å². The van der Waals surface area contributed by atoms with E-state index in [0.717, 1.165) is 24.0 Å². The van der Waals surface area contributed by atoms with Crippen molar-refractivity contribution in [3.05, 3.63) is 48.2 Å². The minimum atomic E-state index is 0.0000216. The van der Waals surface area contributed by atoms with Gasteiger partial charge >= 0.3 is 0 Å². The van der Waals surface area contributed by atoms with E-state index in [1.807, 2.05) is 36.4 Å². The molecule has 1 aromatic carbocycles. The molecule has 4 rings (SSSR count). The number of benzene rings is 1. The molecule has 6 nitrogen and oxygen atoms in total. The van der Waals surface area contributed by atoms with Crippen LogP contribution >= 0.6 is 0 Å². The number of aromatic nitrogens is 4. The largest absolute Gasteiger partial charge is 0.349 e. The van der Waals surface area contributed by atoms with Crippen LogP contribution in [0.2, 0.25) is 0 Å². The van der Waals surface area contributed by atoms with Crippen LogP contribution in [0.15, 0.2) is 42.6 Å². The third kappa shape index (κ3) is 3.38. The van der Waals surface area contributed by atoms with Gasteiger partial charge in [0.25, 0.3) is 5.91 Å². The van der Waals surface area contributed by atoms with Crippen LogP contribution in [0.4, 0.5) is 0 Å². The molecule has 0 spiro atoms. The molecule has 2 heterocycles. The van der Waals surface area contributed by atoms with Gasteiger partial charge < -0.3 is 5.32 Å². The van der Waals surface area contributed by atoms with Gasteiger partial charge in [0.15, 0.2) is 5.65 Å². The zero-order chi connectivity index (χ0) is 17.1. The number of carbonyl (C=O) groups is 1. The first-order valence-electron chi connectivity index (χ1n) is 8.89. The third-order valence-corrected chi connectivity index (χ3v) is 4.77. The van der Waals surface area contributed by atoms with Crippen molar-refractivity contribution in [3.8, 4) is 5.69 Å². The average molecular weight is 335 g/mol. The van der Waals surface area contributed by atoms with Gasteiger partial charge in [-0.05, 0) is 49.2 Å². The van der Waals surface area contributed by atoms with E-state index < -0.39 is 0 Å². The normalized spacial score (nSPS) is 15.8. The monoisotopic (exact) mass is 335 g/mol. The van der Waals surface area contributed by atoms with Gasteiger partial charge in [-0.2, -0.15) is 4.68 Å². The van der Waals surface area contributed by atoms with E-state index in [0.29, 0.717) is 17.3 Å². The number of carbonyl (C=O) groups excluding carboxylic acids is 1. The number of hydrogen-bond acceptors (Lipinski definition) is 4. The minimum Gasteiger partial charge on any atom is -0.349 e. The molecular formula is C19H21N5O. The highest BCUT2D eigenvalue weighted by atomic mass is 16.1. The molecule has 25 heavy (non-hydrogen) atoms. The van der Waals surface area contributed by atoms with Gasteiger partial charge in [0.05, 0.1) is 5.69 Å². The lowest BCUT2D eigenvalue weighted by molar-refractivity contribution is 0.0933. The molecule has 2 aromatic heterocycles. The Balaban J connectivity index is 1.50. The molecule has 0 unspecified atom stereocenters. The van der Waals surface area contributed by atoms with Crippen molar-refractivity contribution >= 4 is 17.1 Å². The molecule has 3 aromatic rings. The maximum absolute atomic E-state index is 12.5. The van der Waals surface area contributed by atoms with Gasteiger partial charge in [-0.25, -0.2) is 4.98 Å². The van der Waals surface area contributed by atoms with Crippen molar-refractivity contribution in [1.82, 2.24) is 25.3 Å². The molecule has 0 bridgehead atoms. The Kier molecular flexibility index (Phi) is 4.41. The number of nitrogens with zero attached hydrogens (tertiary/aromatic N) is 4. The molecule has 1 fully saturated rings. The van der Waals surface area contributed by atoms with Crippen molar-refractivity contribution in [2.75, 3.05) is 0 Å². The number of fused-ring (bicyclic) bond motifs is 1. The molecule has 6 heteroatoms. The fourth-order valence-electron chi connectivity index (χ4n) is 3.39. The second-order valence-electron chi connectivity index (χ2n) is 6.56. The van der Waals surface area contributed by atoms with E-state index in [1.165, 1.54) is 25.7 Å². The molecule has 1 N–H and O–H groups in total. The summed E-state index contributed by atoms with van der Waals surface area (Å²) in [5, 5.41) is 11.4. The predicted octanol–water partition coefficient (Wildman–Crippen LogP) is 3.27. The van der Waals surface area contributed by atoms with Crippen molar-refractivity contribution in [2.45, 2.75) is 44.6 Å². The van der Waals surface area contributed by atoms with Crippen LogP contribution in [0.25, 0.3) is 16.9 Å². The summed E-state index contributed by atoms with van der Waals surface area (Å²) in [6.07, 6.45) is 8.85. The SMILES string of the molecule is O=C(NC1CCCCCC1)c1ccc(-n2nnc3cccnc32)cc1. The topological polar surface area (TPSA) is 72.7 Å². The van der Waals surface area contributed by atoms with Crippen LogP contribution in [0.3, 0.4) is 0 Å². The van der Waals surface area contributed by atoms with Crippen molar-refractivity contribution in [2.24, 2.45) is 0 Å². The zero-order valence-corrected chi connectivity index (χ0v) is 14.1. The summed E-state index contributed by atoms with van der Waals surface area (Å²) >= 11 is 0. The second kappa shape index (κ2) is 7.01. The second-order valence-corrected chi connectivity index (χ2v) is 6.56. The molecule has 0 saturated heterocycles. The van der Waals surface area contributed by atoms with E-state index in [4.69, 9.17) is 0 Å². The molecule has 0 aliphatic heterocycles. The van der Waals surface area contributed by atoms with Gasteiger partial charge in [-0.15, -0.1) is 5.10 Å². The Labute approximate surface area is 146 Å². The number of pyridine rings is 1. The van der Waals surface area contributed by atoms with Gasteiger partial charge in [0, 0.05) is 17.8 Å². The Morgan fingerprint density at radius 1 is 1.04 bits per heavy atom. The van der Waals surface area contributed by atoms with Crippen LogP contribution in [0.1, 0.15) is 48.9 Å².